The van der Waals surface area contributed by atoms with Crippen LogP contribution in [0.15, 0.2) is 23.4 Å². The van der Waals surface area contributed by atoms with E-state index in [2.05, 4.69) is 11.2 Å². The maximum atomic E-state index is 13.3. The molecule has 0 bridgehead atoms. The van der Waals surface area contributed by atoms with Crippen LogP contribution in [-0.2, 0) is 4.79 Å². The Labute approximate surface area is 127 Å². The van der Waals surface area contributed by atoms with Crippen molar-refractivity contribution >= 4 is 5.97 Å². The van der Waals surface area contributed by atoms with Crippen LogP contribution < -0.4 is 10.4 Å². The highest BCUT2D eigenvalue weighted by Crippen LogP contribution is 2.38. The lowest BCUT2D eigenvalue weighted by Crippen LogP contribution is -2.60. The van der Waals surface area contributed by atoms with Gasteiger partial charge in [0.05, 0.1) is 11.5 Å². The predicted molar refractivity (Wildman–Crippen MR) is 74.1 cm³/mol. The van der Waals surface area contributed by atoms with Crippen molar-refractivity contribution in [3.05, 3.63) is 23.4 Å². The van der Waals surface area contributed by atoms with Crippen LogP contribution in [0.1, 0.15) is 27.2 Å². The Bertz CT molecular complexity index is 542. The third-order valence-electron chi connectivity index (χ3n) is 3.30. The lowest BCUT2D eigenvalue weighted by atomic mass is 9.96. The Hall–Kier alpha value is -1.94. The van der Waals surface area contributed by atoms with E-state index in [0.29, 0.717) is 19.0 Å². The van der Waals surface area contributed by atoms with Crippen LogP contribution in [0.4, 0.5) is 13.2 Å². The molecule has 1 aliphatic rings. The van der Waals surface area contributed by atoms with E-state index in [4.69, 9.17) is 6.42 Å². The minimum Gasteiger partial charge on any atom is -0.545 e. The molecular formula is C15H18F3N2O2-. The Morgan fingerprint density at radius 3 is 2.45 bits per heavy atom. The maximum Gasteiger partial charge on any atom is 0.431 e. The molecular weight excluding hydrogens is 297 g/mol. The second-order valence-electron chi connectivity index (χ2n) is 5.39. The van der Waals surface area contributed by atoms with Crippen molar-refractivity contribution in [2.45, 2.75) is 45.1 Å². The summed E-state index contributed by atoms with van der Waals surface area (Å²) in [6.45, 7) is 4.99. The van der Waals surface area contributed by atoms with E-state index in [1.807, 2.05) is 6.92 Å². The zero-order valence-corrected chi connectivity index (χ0v) is 12.6. The number of terminal acetylenes is 1. The Morgan fingerprint density at radius 2 is 2.05 bits per heavy atom. The number of carbonyl (C=O) groups excluding carboxylic acids is 1. The minimum atomic E-state index is -4.66. The van der Waals surface area contributed by atoms with E-state index in [-0.39, 0.29) is 5.57 Å². The molecule has 0 aromatic carbocycles. The van der Waals surface area contributed by atoms with Gasteiger partial charge in [-0.3, -0.25) is 5.32 Å². The molecule has 4 nitrogen and oxygen atoms in total. The first-order valence-corrected chi connectivity index (χ1v) is 6.77. The molecule has 0 saturated heterocycles. The lowest BCUT2D eigenvalue weighted by Gasteiger charge is -2.47. The van der Waals surface area contributed by atoms with Gasteiger partial charge in [0.2, 0.25) is 0 Å². The summed E-state index contributed by atoms with van der Waals surface area (Å²) in [5, 5.41) is 14.0. The van der Waals surface area contributed by atoms with Crippen LogP contribution in [0.2, 0.25) is 0 Å². The monoisotopic (exact) mass is 315 g/mol. The van der Waals surface area contributed by atoms with Crippen molar-refractivity contribution in [2.24, 2.45) is 0 Å². The predicted octanol–water partition coefficient (Wildman–Crippen LogP) is 1.16. The summed E-state index contributed by atoms with van der Waals surface area (Å²) in [5.74, 6) is 0.745. The van der Waals surface area contributed by atoms with Crippen LogP contribution in [0.5, 0.6) is 0 Å². The van der Waals surface area contributed by atoms with Crippen molar-refractivity contribution in [3.63, 3.8) is 0 Å². The standard InChI is InChI=1S/C15H19F3N2O2/c1-5-9-19-12-10(13(21)22)7-8-11(15(16,17)18)20(12)14(3,4)6-2/h2,7-8,12,19H,5,9H2,1,3-4H3,(H,21,22)/p-1. The number of carboxylic acids is 1. The van der Waals surface area contributed by atoms with Gasteiger partial charge in [-0.2, -0.15) is 13.2 Å². The number of allylic oxidation sites excluding steroid dienone is 3. The molecule has 1 aliphatic heterocycles. The largest absolute Gasteiger partial charge is 0.545 e. The van der Waals surface area contributed by atoms with E-state index in [9.17, 15) is 23.1 Å². The Kier molecular flexibility index (Phi) is 5.30. The normalized spacial score (nSPS) is 19.3. The van der Waals surface area contributed by atoms with E-state index >= 15 is 0 Å². The van der Waals surface area contributed by atoms with Gasteiger partial charge in [0.15, 0.2) is 0 Å². The van der Waals surface area contributed by atoms with Crippen LogP contribution in [-0.4, -0.2) is 35.3 Å². The number of halogens is 3. The fraction of sp³-hybridized carbons (Fsp3) is 0.533. The quantitative estimate of drug-likeness (QED) is 0.774. The Morgan fingerprint density at radius 1 is 1.45 bits per heavy atom. The summed E-state index contributed by atoms with van der Waals surface area (Å²) in [6.07, 6.45) is 1.73. The van der Waals surface area contributed by atoms with Crippen molar-refractivity contribution in [2.75, 3.05) is 6.54 Å². The molecule has 1 N–H and O–H groups in total. The molecule has 1 rings (SSSR count). The third kappa shape index (κ3) is 3.63. The fourth-order valence-corrected chi connectivity index (χ4v) is 2.20. The molecule has 0 fully saturated rings. The third-order valence-corrected chi connectivity index (χ3v) is 3.30. The second kappa shape index (κ2) is 6.44. The molecule has 0 aliphatic carbocycles. The molecule has 0 aromatic heterocycles. The number of nitrogens with zero attached hydrogens (tertiary/aromatic N) is 1. The SMILES string of the molecule is C#CC(C)(C)N1C(C(F)(F)F)=CC=C(C(=O)[O-])C1NCCC. The first-order valence-electron chi connectivity index (χ1n) is 6.77. The van der Waals surface area contributed by atoms with Crippen molar-refractivity contribution in [1.82, 2.24) is 10.2 Å². The molecule has 22 heavy (non-hydrogen) atoms. The van der Waals surface area contributed by atoms with Gasteiger partial charge in [0.25, 0.3) is 0 Å². The minimum absolute atomic E-state index is 0.287. The number of rotatable bonds is 5. The molecule has 0 amide bonds. The van der Waals surface area contributed by atoms with Gasteiger partial charge in [0.1, 0.15) is 11.9 Å². The summed E-state index contributed by atoms with van der Waals surface area (Å²) < 4.78 is 39.8. The van der Waals surface area contributed by atoms with Crippen molar-refractivity contribution in [3.8, 4) is 12.3 Å². The van der Waals surface area contributed by atoms with Gasteiger partial charge in [-0.1, -0.05) is 18.9 Å². The van der Waals surface area contributed by atoms with Gasteiger partial charge < -0.3 is 14.8 Å². The van der Waals surface area contributed by atoms with E-state index in [0.717, 1.165) is 11.0 Å². The van der Waals surface area contributed by atoms with E-state index in [1.54, 1.807) is 0 Å². The molecule has 1 unspecified atom stereocenters. The smallest absolute Gasteiger partial charge is 0.431 e. The molecule has 0 saturated carbocycles. The molecule has 0 aromatic rings. The van der Waals surface area contributed by atoms with Gasteiger partial charge in [-0.05, 0) is 32.9 Å². The van der Waals surface area contributed by atoms with E-state index < -0.39 is 29.5 Å². The van der Waals surface area contributed by atoms with Crippen LogP contribution in [0, 0.1) is 12.3 Å². The van der Waals surface area contributed by atoms with Gasteiger partial charge in [-0.25, -0.2) is 0 Å². The van der Waals surface area contributed by atoms with Crippen LogP contribution in [0.25, 0.3) is 0 Å². The fourth-order valence-electron chi connectivity index (χ4n) is 2.20. The highest BCUT2D eigenvalue weighted by Gasteiger charge is 2.47. The second-order valence-corrected chi connectivity index (χ2v) is 5.39. The van der Waals surface area contributed by atoms with Gasteiger partial charge in [-0.15, -0.1) is 6.42 Å². The summed E-state index contributed by atoms with van der Waals surface area (Å²) in [5.41, 5.74) is -2.62. The molecule has 7 heteroatoms. The topological polar surface area (TPSA) is 55.4 Å². The highest BCUT2D eigenvalue weighted by molar-refractivity contribution is 5.87. The number of hydrogen-bond donors (Lipinski definition) is 1. The number of alkyl halides is 3. The van der Waals surface area contributed by atoms with Crippen molar-refractivity contribution in [1.29, 1.82) is 0 Å². The molecule has 0 spiro atoms. The first kappa shape index (κ1) is 18.1. The molecule has 122 valence electrons. The van der Waals surface area contributed by atoms with Crippen LogP contribution in [0.3, 0.4) is 0 Å². The van der Waals surface area contributed by atoms with Gasteiger partial charge >= 0.3 is 6.18 Å². The molecule has 0 radical (unpaired) electrons. The van der Waals surface area contributed by atoms with Gasteiger partial charge in [0, 0.05) is 5.57 Å². The number of carbonyl (C=O) groups is 1. The maximum absolute atomic E-state index is 13.3. The summed E-state index contributed by atoms with van der Waals surface area (Å²) in [6, 6.07) is 0. The zero-order chi connectivity index (χ0) is 17.1. The number of carboxylic acid groups (broad SMARTS) is 1. The summed E-state index contributed by atoms with van der Waals surface area (Å²) in [4.78, 5) is 12.1. The van der Waals surface area contributed by atoms with Crippen LogP contribution >= 0.6 is 0 Å². The first-order chi connectivity index (χ1) is 10.1. The number of hydrogen-bond acceptors (Lipinski definition) is 4. The highest BCUT2D eigenvalue weighted by atomic mass is 19.4. The van der Waals surface area contributed by atoms with E-state index in [1.165, 1.54) is 13.8 Å². The summed E-state index contributed by atoms with van der Waals surface area (Å²) >= 11 is 0. The van der Waals surface area contributed by atoms with Crippen molar-refractivity contribution < 1.29 is 23.1 Å². The zero-order valence-electron chi connectivity index (χ0n) is 12.6. The Balaban J connectivity index is 3.45. The molecule has 1 atom stereocenters. The molecule has 1 heterocycles. The number of aliphatic carboxylic acids is 1. The average Bonchev–Trinajstić information content (AvgIpc) is 2.42. The summed E-state index contributed by atoms with van der Waals surface area (Å²) in [7, 11) is 0. The lowest BCUT2D eigenvalue weighted by molar-refractivity contribution is -0.300. The number of nitrogens with one attached hydrogen (secondary N) is 1. The average molecular weight is 315 g/mol.